The van der Waals surface area contributed by atoms with Crippen molar-refractivity contribution in [3.8, 4) is 0 Å². The molecule has 1 amide bonds. The average molecular weight is 315 g/mol. The van der Waals surface area contributed by atoms with Gasteiger partial charge in [-0.25, -0.2) is 0 Å². The van der Waals surface area contributed by atoms with Crippen LogP contribution < -0.4 is 5.32 Å². The molecule has 1 aliphatic rings. The third kappa shape index (κ3) is 4.66. The Morgan fingerprint density at radius 2 is 1.61 bits per heavy atom. The Hall–Kier alpha value is -1.64. The molecule has 23 heavy (non-hydrogen) atoms. The summed E-state index contributed by atoms with van der Waals surface area (Å²) in [7, 11) is 0. The Balaban J connectivity index is 2.00. The summed E-state index contributed by atoms with van der Waals surface area (Å²) in [5, 5.41) is 2.81. The van der Waals surface area contributed by atoms with E-state index in [9.17, 15) is 9.59 Å². The molecule has 1 saturated carbocycles. The molecule has 1 aromatic carbocycles. The van der Waals surface area contributed by atoms with E-state index in [0.29, 0.717) is 11.5 Å². The average Bonchev–Trinajstić information content (AvgIpc) is 2.54. The van der Waals surface area contributed by atoms with Crippen LogP contribution in [-0.2, 0) is 4.79 Å². The molecule has 3 nitrogen and oxygen atoms in total. The molecular weight excluding hydrogens is 286 g/mol. The second kappa shape index (κ2) is 7.29. The van der Waals surface area contributed by atoms with Crippen molar-refractivity contribution >= 4 is 11.7 Å². The van der Waals surface area contributed by atoms with Crippen LogP contribution in [0.1, 0.15) is 81.6 Å². The van der Waals surface area contributed by atoms with E-state index in [2.05, 4.69) is 5.32 Å². The molecule has 1 N–H and O–H groups in total. The summed E-state index contributed by atoms with van der Waals surface area (Å²) < 4.78 is 0. The second-order valence-electron chi connectivity index (χ2n) is 7.85. The lowest BCUT2D eigenvalue weighted by molar-refractivity contribution is -0.118. The van der Waals surface area contributed by atoms with Gasteiger partial charge in [-0.15, -0.1) is 0 Å². The molecular formula is C20H29NO2. The highest BCUT2D eigenvalue weighted by Crippen LogP contribution is 2.32. The molecule has 0 aliphatic heterocycles. The van der Waals surface area contributed by atoms with Crippen LogP contribution in [0.4, 0.5) is 0 Å². The number of nitrogens with one attached hydrogen (secondary N) is 1. The quantitative estimate of drug-likeness (QED) is 0.658. The van der Waals surface area contributed by atoms with E-state index in [1.54, 1.807) is 12.1 Å². The first-order valence-electron chi connectivity index (χ1n) is 8.74. The molecule has 126 valence electrons. The molecule has 0 aromatic heterocycles. The summed E-state index contributed by atoms with van der Waals surface area (Å²) in [6.07, 6.45) is 6.38. The molecule has 3 heteroatoms. The van der Waals surface area contributed by atoms with Crippen LogP contribution in [0.25, 0.3) is 0 Å². The molecule has 1 aromatic rings. The second-order valence-corrected chi connectivity index (χ2v) is 7.85. The van der Waals surface area contributed by atoms with Gasteiger partial charge >= 0.3 is 0 Å². The summed E-state index contributed by atoms with van der Waals surface area (Å²) >= 11 is 0. The minimum atomic E-state index is -0.516. The van der Waals surface area contributed by atoms with Crippen molar-refractivity contribution < 1.29 is 9.59 Å². The van der Waals surface area contributed by atoms with E-state index in [1.807, 2.05) is 39.8 Å². The number of carbonyl (C=O) groups is 2. The lowest BCUT2D eigenvalue weighted by Gasteiger charge is -2.27. The maximum Gasteiger partial charge on any atom is 0.292 e. The number of benzene rings is 1. The van der Waals surface area contributed by atoms with Gasteiger partial charge in [0.2, 0.25) is 5.78 Å². The van der Waals surface area contributed by atoms with Crippen LogP contribution in [0, 0.1) is 5.41 Å². The van der Waals surface area contributed by atoms with Crippen LogP contribution in [0.15, 0.2) is 24.3 Å². The maximum absolute atomic E-state index is 12.3. The van der Waals surface area contributed by atoms with Gasteiger partial charge in [-0.2, -0.15) is 0 Å². The minimum absolute atomic E-state index is 0.0551. The van der Waals surface area contributed by atoms with Crippen LogP contribution in [0.2, 0.25) is 0 Å². The van der Waals surface area contributed by atoms with Gasteiger partial charge in [-0.1, -0.05) is 64.3 Å². The van der Waals surface area contributed by atoms with Crippen molar-refractivity contribution in [1.29, 1.82) is 0 Å². The first kappa shape index (κ1) is 17.7. The van der Waals surface area contributed by atoms with Crippen molar-refractivity contribution in [3.05, 3.63) is 35.4 Å². The van der Waals surface area contributed by atoms with Crippen LogP contribution in [-0.4, -0.2) is 17.7 Å². The normalized spacial score (nSPS) is 17.6. The van der Waals surface area contributed by atoms with Crippen molar-refractivity contribution in [3.63, 3.8) is 0 Å². The highest BCUT2D eigenvalue weighted by Gasteiger charge is 2.25. The van der Waals surface area contributed by atoms with Crippen molar-refractivity contribution in [2.45, 2.75) is 71.8 Å². The Labute approximate surface area is 139 Å². The van der Waals surface area contributed by atoms with Crippen molar-refractivity contribution in [2.75, 3.05) is 0 Å². The minimum Gasteiger partial charge on any atom is -0.346 e. The fraction of sp³-hybridized carbons (Fsp3) is 0.600. The van der Waals surface area contributed by atoms with Gasteiger partial charge in [0.1, 0.15) is 0 Å². The standard InChI is InChI=1S/C20H29NO2/c1-14(20(2,3)4)21-19(23)18(22)17-12-10-16(11-13-17)15-8-6-5-7-9-15/h10-15H,5-9H2,1-4H3,(H,21,23)/t14-/m1/s1. The van der Waals surface area contributed by atoms with Gasteiger partial charge in [0.15, 0.2) is 0 Å². The van der Waals surface area contributed by atoms with E-state index in [-0.39, 0.29) is 11.5 Å². The zero-order valence-corrected chi connectivity index (χ0v) is 14.8. The number of carbonyl (C=O) groups excluding carboxylic acids is 2. The number of hydrogen-bond donors (Lipinski definition) is 1. The molecule has 2 rings (SSSR count). The van der Waals surface area contributed by atoms with Crippen LogP contribution in [0.3, 0.4) is 0 Å². The van der Waals surface area contributed by atoms with E-state index >= 15 is 0 Å². The number of amides is 1. The van der Waals surface area contributed by atoms with E-state index in [0.717, 1.165) is 0 Å². The largest absolute Gasteiger partial charge is 0.346 e. The van der Waals surface area contributed by atoms with Gasteiger partial charge in [0.05, 0.1) is 0 Å². The Kier molecular flexibility index (Phi) is 5.61. The summed E-state index contributed by atoms with van der Waals surface area (Å²) in [4.78, 5) is 24.4. The summed E-state index contributed by atoms with van der Waals surface area (Å²) in [6, 6.07) is 7.58. The molecule has 1 atom stereocenters. The lowest BCUT2D eigenvalue weighted by Crippen LogP contribution is -2.44. The maximum atomic E-state index is 12.3. The van der Waals surface area contributed by atoms with Gasteiger partial charge in [-0.05, 0) is 36.7 Å². The summed E-state index contributed by atoms with van der Waals surface area (Å²) in [6.45, 7) is 8.06. The van der Waals surface area contributed by atoms with E-state index in [4.69, 9.17) is 0 Å². The van der Waals surface area contributed by atoms with Crippen molar-refractivity contribution in [1.82, 2.24) is 5.32 Å². The SMILES string of the molecule is C[C@@H](NC(=O)C(=O)c1ccc(C2CCCCC2)cc1)C(C)(C)C. The fourth-order valence-electron chi connectivity index (χ4n) is 2.95. The van der Waals surface area contributed by atoms with E-state index in [1.165, 1.54) is 37.7 Å². The Bertz CT molecular complexity index is 548. The summed E-state index contributed by atoms with van der Waals surface area (Å²) in [5.41, 5.74) is 1.70. The number of Topliss-reactive ketones (excluding diaryl/α,β-unsaturated/α-hetero) is 1. The zero-order chi connectivity index (χ0) is 17.0. The molecule has 0 spiro atoms. The molecule has 1 aliphatic carbocycles. The highest BCUT2D eigenvalue weighted by molar-refractivity contribution is 6.42. The smallest absolute Gasteiger partial charge is 0.292 e. The first-order valence-corrected chi connectivity index (χ1v) is 8.74. The number of hydrogen-bond acceptors (Lipinski definition) is 2. The Morgan fingerprint density at radius 1 is 1.04 bits per heavy atom. The number of rotatable bonds is 4. The summed E-state index contributed by atoms with van der Waals surface area (Å²) in [5.74, 6) is -0.350. The van der Waals surface area contributed by atoms with Crippen LogP contribution in [0.5, 0.6) is 0 Å². The molecule has 0 heterocycles. The van der Waals surface area contributed by atoms with Gasteiger partial charge in [0, 0.05) is 11.6 Å². The van der Waals surface area contributed by atoms with Crippen molar-refractivity contribution in [2.24, 2.45) is 5.41 Å². The molecule has 0 bridgehead atoms. The zero-order valence-electron chi connectivity index (χ0n) is 14.8. The fourth-order valence-corrected chi connectivity index (χ4v) is 2.95. The Morgan fingerprint density at radius 3 is 2.13 bits per heavy atom. The molecule has 0 saturated heterocycles. The van der Waals surface area contributed by atoms with Crippen LogP contribution >= 0.6 is 0 Å². The lowest BCUT2D eigenvalue weighted by atomic mass is 9.84. The van der Waals surface area contributed by atoms with Gasteiger partial charge in [-0.3, -0.25) is 9.59 Å². The third-order valence-corrected chi connectivity index (χ3v) is 5.10. The molecule has 1 fully saturated rings. The van der Waals surface area contributed by atoms with Gasteiger partial charge < -0.3 is 5.32 Å². The first-order chi connectivity index (χ1) is 10.8. The molecule has 0 radical (unpaired) electrons. The highest BCUT2D eigenvalue weighted by atomic mass is 16.2. The topological polar surface area (TPSA) is 46.2 Å². The predicted molar refractivity (Wildman–Crippen MR) is 93.7 cm³/mol. The monoisotopic (exact) mass is 315 g/mol. The molecule has 0 unspecified atom stereocenters. The predicted octanol–water partition coefficient (Wildman–Crippen LogP) is 4.47. The number of ketones is 1. The third-order valence-electron chi connectivity index (χ3n) is 5.10. The van der Waals surface area contributed by atoms with Gasteiger partial charge in [0.25, 0.3) is 5.91 Å². The van der Waals surface area contributed by atoms with E-state index < -0.39 is 11.7 Å².